The maximum absolute atomic E-state index is 14.6. The van der Waals surface area contributed by atoms with Crippen molar-refractivity contribution in [2.75, 3.05) is 5.32 Å². The maximum atomic E-state index is 14.6. The number of fused-ring (bicyclic) bond motifs is 1. The van der Waals surface area contributed by atoms with Gasteiger partial charge < -0.3 is 10.2 Å². The Morgan fingerprint density at radius 3 is 2.58 bits per heavy atom. The van der Waals surface area contributed by atoms with Crippen LogP contribution in [0.4, 0.5) is 20.3 Å². The highest BCUT2D eigenvalue weighted by atomic mass is 19.1. The number of aromatic nitrogens is 4. The van der Waals surface area contributed by atoms with Crippen molar-refractivity contribution >= 4 is 17.9 Å². The molecular formula is C22H16F2N6O. The predicted molar refractivity (Wildman–Crippen MR) is 110 cm³/mol. The number of rotatable bonds is 5. The van der Waals surface area contributed by atoms with Crippen LogP contribution in [0.15, 0.2) is 55.0 Å². The minimum atomic E-state index is -0.699. The van der Waals surface area contributed by atoms with Crippen LogP contribution in [-0.2, 0) is 17.9 Å². The molecule has 5 rings (SSSR count). The summed E-state index contributed by atoms with van der Waals surface area (Å²) in [4.78, 5) is 21.0. The van der Waals surface area contributed by atoms with E-state index in [4.69, 9.17) is 0 Å². The summed E-state index contributed by atoms with van der Waals surface area (Å²) in [6, 6.07) is 10.2. The standard InChI is InChI=1S/C22H16F2N6O/c23-18-6-13(17-7-26-27-8-17)3-4-20(18)28-22-19(24)9-25-21(29-22)14-1-2-15-10-30(12-31)11-16(15)5-14/h1-9,12H,10-11H2,(H,26,27)(H,25,28,29). The van der Waals surface area contributed by atoms with Gasteiger partial charge in [-0.3, -0.25) is 9.89 Å². The highest BCUT2D eigenvalue weighted by molar-refractivity contribution is 5.68. The normalized spacial score (nSPS) is 12.6. The zero-order chi connectivity index (χ0) is 21.4. The summed E-state index contributed by atoms with van der Waals surface area (Å²) in [5.41, 5.74) is 4.20. The fraction of sp³-hybridized carbons (Fsp3) is 0.0909. The van der Waals surface area contributed by atoms with Crippen LogP contribution in [0.1, 0.15) is 11.1 Å². The molecule has 7 nitrogen and oxygen atoms in total. The van der Waals surface area contributed by atoms with Gasteiger partial charge in [0.25, 0.3) is 0 Å². The van der Waals surface area contributed by atoms with E-state index in [0.29, 0.717) is 30.0 Å². The Balaban J connectivity index is 1.43. The Bertz CT molecular complexity index is 1280. The first kappa shape index (κ1) is 18.9. The van der Waals surface area contributed by atoms with Crippen molar-refractivity contribution in [3.8, 4) is 22.5 Å². The highest BCUT2D eigenvalue weighted by Crippen LogP contribution is 2.29. The van der Waals surface area contributed by atoms with Crippen molar-refractivity contribution < 1.29 is 13.6 Å². The number of aromatic amines is 1. The van der Waals surface area contributed by atoms with Crippen LogP contribution in [-0.4, -0.2) is 31.5 Å². The molecule has 3 heterocycles. The smallest absolute Gasteiger partial charge is 0.210 e. The number of nitrogens with zero attached hydrogens (tertiary/aromatic N) is 4. The molecule has 1 aliphatic rings. The molecule has 0 fully saturated rings. The highest BCUT2D eigenvalue weighted by Gasteiger charge is 2.19. The predicted octanol–water partition coefficient (Wildman–Crippen LogP) is 4.03. The van der Waals surface area contributed by atoms with Crippen molar-refractivity contribution in [3.63, 3.8) is 0 Å². The lowest BCUT2D eigenvalue weighted by atomic mass is 10.1. The van der Waals surface area contributed by atoms with Crippen molar-refractivity contribution in [2.24, 2.45) is 0 Å². The molecule has 0 radical (unpaired) electrons. The lowest BCUT2D eigenvalue weighted by Gasteiger charge is -2.10. The van der Waals surface area contributed by atoms with E-state index in [-0.39, 0.29) is 11.5 Å². The molecule has 31 heavy (non-hydrogen) atoms. The van der Waals surface area contributed by atoms with E-state index in [1.807, 2.05) is 18.2 Å². The number of anilines is 2. The topological polar surface area (TPSA) is 86.8 Å². The van der Waals surface area contributed by atoms with Crippen molar-refractivity contribution in [2.45, 2.75) is 13.1 Å². The summed E-state index contributed by atoms with van der Waals surface area (Å²) < 4.78 is 29.0. The van der Waals surface area contributed by atoms with Crippen LogP contribution >= 0.6 is 0 Å². The Hall–Kier alpha value is -4.14. The van der Waals surface area contributed by atoms with Gasteiger partial charge >= 0.3 is 0 Å². The van der Waals surface area contributed by atoms with E-state index < -0.39 is 11.6 Å². The second-order valence-corrected chi connectivity index (χ2v) is 7.19. The third-order valence-electron chi connectivity index (χ3n) is 5.16. The number of hydrogen-bond donors (Lipinski definition) is 2. The zero-order valence-electron chi connectivity index (χ0n) is 16.1. The molecule has 0 unspecified atom stereocenters. The van der Waals surface area contributed by atoms with Gasteiger partial charge in [-0.15, -0.1) is 0 Å². The van der Waals surface area contributed by atoms with Gasteiger partial charge in [0.1, 0.15) is 5.82 Å². The van der Waals surface area contributed by atoms with Gasteiger partial charge in [-0.05, 0) is 34.9 Å². The third-order valence-corrected chi connectivity index (χ3v) is 5.16. The molecule has 154 valence electrons. The Labute approximate surface area is 175 Å². The Morgan fingerprint density at radius 2 is 1.81 bits per heavy atom. The number of nitrogens with one attached hydrogen (secondary N) is 2. The third kappa shape index (κ3) is 3.61. The fourth-order valence-corrected chi connectivity index (χ4v) is 3.56. The molecule has 1 aliphatic heterocycles. The molecule has 0 aliphatic carbocycles. The summed E-state index contributed by atoms with van der Waals surface area (Å²) in [6.45, 7) is 1.07. The van der Waals surface area contributed by atoms with Crippen LogP contribution in [0.25, 0.3) is 22.5 Å². The second kappa shape index (κ2) is 7.60. The van der Waals surface area contributed by atoms with Gasteiger partial charge in [0, 0.05) is 30.4 Å². The number of hydrogen-bond acceptors (Lipinski definition) is 5. The first-order chi connectivity index (χ1) is 15.1. The van der Waals surface area contributed by atoms with Gasteiger partial charge in [0.05, 0.1) is 18.1 Å². The van der Waals surface area contributed by atoms with Gasteiger partial charge in [0.2, 0.25) is 6.41 Å². The molecule has 0 spiro atoms. The molecule has 9 heteroatoms. The van der Waals surface area contributed by atoms with Gasteiger partial charge in [-0.1, -0.05) is 18.2 Å². The number of amides is 1. The van der Waals surface area contributed by atoms with Gasteiger partial charge in [0.15, 0.2) is 17.5 Å². The molecule has 1 amide bonds. The molecule has 2 aromatic heterocycles. The SMILES string of the molecule is O=CN1Cc2ccc(-c3ncc(F)c(Nc4ccc(-c5cn[nH]c5)cc4F)n3)cc2C1. The minimum absolute atomic E-state index is 0.0892. The first-order valence-electron chi connectivity index (χ1n) is 9.50. The Morgan fingerprint density at radius 1 is 0.968 bits per heavy atom. The number of carbonyl (C=O) groups excluding carboxylic acids is 1. The van der Waals surface area contributed by atoms with Crippen LogP contribution in [0, 0.1) is 11.6 Å². The van der Waals surface area contributed by atoms with E-state index in [0.717, 1.165) is 29.3 Å². The maximum Gasteiger partial charge on any atom is 0.210 e. The molecule has 0 bridgehead atoms. The van der Waals surface area contributed by atoms with E-state index in [1.165, 1.54) is 12.1 Å². The monoisotopic (exact) mass is 418 g/mol. The summed E-state index contributed by atoms with van der Waals surface area (Å²) in [7, 11) is 0. The van der Waals surface area contributed by atoms with E-state index in [1.54, 1.807) is 23.4 Å². The van der Waals surface area contributed by atoms with Gasteiger partial charge in [-0.2, -0.15) is 5.10 Å². The van der Waals surface area contributed by atoms with Gasteiger partial charge in [-0.25, -0.2) is 18.7 Å². The summed E-state index contributed by atoms with van der Waals surface area (Å²) in [6.07, 6.45) is 5.10. The van der Waals surface area contributed by atoms with Crippen molar-refractivity contribution in [1.82, 2.24) is 25.1 Å². The molecule has 0 saturated carbocycles. The van der Waals surface area contributed by atoms with Crippen LogP contribution < -0.4 is 5.32 Å². The average molecular weight is 418 g/mol. The van der Waals surface area contributed by atoms with Crippen LogP contribution in [0.5, 0.6) is 0 Å². The number of benzene rings is 2. The molecule has 2 N–H and O–H groups in total. The summed E-state index contributed by atoms with van der Waals surface area (Å²) in [5.74, 6) is -1.08. The van der Waals surface area contributed by atoms with E-state index >= 15 is 0 Å². The largest absolute Gasteiger partial charge is 0.337 e. The van der Waals surface area contributed by atoms with Crippen LogP contribution in [0.2, 0.25) is 0 Å². The van der Waals surface area contributed by atoms with Crippen molar-refractivity contribution in [3.05, 3.63) is 77.8 Å². The second-order valence-electron chi connectivity index (χ2n) is 7.19. The van der Waals surface area contributed by atoms with Crippen LogP contribution in [0.3, 0.4) is 0 Å². The molecule has 4 aromatic rings. The summed E-state index contributed by atoms with van der Waals surface area (Å²) >= 11 is 0. The molecule has 0 saturated heterocycles. The lowest BCUT2D eigenvalue weighted by molar-refractivity contribution is -0.118. The number of halogens is 2. The molecule has 2 aromatic carbocycles. The van der Waals surface area contributed by atoms with Crippen molar-refractivity contribution in [1.29, 1.82) is 0 Å². The van der Waals surface area contributed by atoms with E-state index in [9.17, 15) is 13.6 Å². The average Bonchev–Trinajstić information content (AvgIpc) is 3.45. The lowest BCUT2D eigenvalue weighted by Crippen LogP contribution is -2.12. The molecular weight excluding hydrogens is 402 g/mol. The minimum Gasteiger partial charge on any atom is -0.337 e. The first-order valence-corrected chi connectivity index (χ1v) is 9.50. The number of carbonyl (C=O) groups is 1. The quantitative estimate of drug-likeness (QED) is 0.478. The zero-order valence-corrected chi connectivity index (χ0v) is 16.1. The molecule has 0 atom stereocenters. The number of H-pyrrole nitrogens is 1. The summed E-state index contributed by atoms with van der Waals surface area (Å²) in [5, 5.41) is 9.24. The fourth-order valence-electron chi connectivity index (χ4n) is 3.56. The van der Waals surface area contributed by atoms with E-state index in [2.05, 4.69) is 25.5 Å². The Kier molecular flexibility index (Phi) is 4.62.